The third-order valence-corrected chi connectivity index (χ3v) is 3.16. The number of aliphatic hydroxyl groups excluding tert-OH is 1. The van der Waals surface area contributed by atoms with Crippen LogP contribution in [-0.4, -0.2) is 5.11 Å². The maximum Gasteiger partial charge on any atom is 0.0838 e. The van der Waals surface area contributed by atoms with Crippen LogP contribution in [0.15, 0.2) is 16.6 Å². The van der Waals surface area contributed by atoms with Crippen LogP contribution in [0.3, 0.4) is 0 Å². The molecule has 78 valence electrons. The zero-order valence-electron chi connectivity index (χ0n) is 7.89. The van der Waals surface area contributed by atoms with Crippen LogP contribution in [0.1, 0.15) is 25.5 Å². The number of hydrogen-bond donors (Lipinski definition) is 1. The molecule has 1 atom stereocenters. The summed E-state index contributed by atoms with van der Waals surface area (Å²) in [5.74, 6) is 0.116. The molecule has 0 bridgehead atoms. The Labute approximate surface area is 102 Å². The lowest BCUT2D eigenvalue weighted by molar-refractivity contribution is 0.126. The van der Waals surface area contributed by atoms with Gasteiger partial charge in [-0.3, -0.25) is 0 Å². The van der Waals surface area contributed by atoms with Gasteiger partial charge in [0.05, 0.1) is 6.10 Å². The number of aliphatic hydroxyl groups is 1. The van der Waals surface area contributed by atoms with E-state index in [-0.39, 0.29) is 5.92 Å². The first-order valence-corrected chi connectivity index (χ1v) is 5.81. The normalized spacial score (nSPS) is 13.4. The van der Waals surface area contributed by atoms with Crippen molar-refractivity contribution in [3.63, 3.8) is 0 Å². The fourth-order valence-corrected chi connectivity index (χ4v) is 2.72. The second-order valence-corrected chi connectivity index (χ2v) is 5.17. The average molecular weight is 298 g/mol. The van der Waals surface area contributed by atoms with Gasteiger partial charge < -0.3 is 5.11 Å². The molecule has 0 fully saturated rings. The van der Waals surface area contributed by atoms with Crippen molar-refractivity contribution in [2.24, 2.45) is 5.92 Å². The highest BCUT2D eigenvalue weighted by atomic mass is 79.9. The van der Waals surface area contributed by atoms with Gasteiger partial charge in [0.1, 0.15) is 0 Å². The fraction of sp³-hybridized carbons (Fsp3) is 0.400. The van der Waals surface area contributed by atoms with Crippen molar-refractivity contribution >= 4 is 39.1 Å². The Morgan fingerprint density at radius 1 is 1.29 bits per heavy atom. The minimum atomic E-state index is -0.575. The van der Waals surface area contributed by atoms with Crippen molar-refractivity contribution < 1.29 is 5.11 Å². The summed E-state index contributed by atoms with van der Waals surface area (Å²) < 4.78 is 0.746. The molecule has 4 heteroatoms. The van der Waals surface area contributed by atoms with Gasteiger partial charge in [0, 0.05) is 20.1 Å². The lowest BCUT2D eigenvalue weighted by atomic mass is 9.99. The fourth-order valence-electron chi connectivity index (χ4n) is 1.17. The molecule has 1 rings (SSSR count). The molecule has 1 N–H and O–H groups in total. The molecule has 0 spiro atoms. The minimum absolute atomic E-state index is 0.116. The van der Waals surface area contributed by atoms with Crippen LogP contribution >= 0.6 is 39.1 Å². The second-order valence-electron chi connectivity index (χ2n) is 3.47. The Kier molecular flexibility index (Phi) is 4.26. The van der Waals surface area contributed by atoms with Crippen molar-refractivity contribution in [3.8, 4) is 0 Å². The molecule has 0 heterocycles. The van der Waals surface area contributed by atoms with Crippen molar-refractivity contribution in [1.29, 1.82) is 0 Å². The summed E-state index contributed by atoms with van der Waals surface area (Å²) in [6.07, 6.45) is -0.575. The van der Waals surface area contributed by atoms with Gasteiger partial charge in [0.2, 0.25) is 0 Å². The van der Waals surface area contributed by atoms with Crippen LogP contribution in [0.25, 0.3) is 0 Å². The zero-order valence-corrected chi connectivity index (χ0v) is 11.0. The lowest BCUT2D eigenvalue weighted by Crippen LogP contribution is -2.06. The molecule has 0 saturated heterocycles. The maximum absolute atomic E-state index is 9.89. The third kappa shape index (κ3) is 2.63. The van der Waals surface area contributed by atoms with Gasteiger partial charge in [-0.25, -0.2) is 0 Å². The molecule has 14 heavy (non-hydrogen) atoms. The van der Waals surface area contributed by atoms with Crippen LogP contribution in [0.4, 0.5) is 0 Å². The largest absolute Gasteiger partial charge is 0.388 e. The monoisotopic (exact) mass is 296 g/mol. The first kappa shape index (κ1) is 12.3. The van der Waals surface area contributed by atoms with E-state index in [4.69, 9.17) is 23.2 Å². The van der Waals surface area contributed by atoms with Gasteiger partial charge in [-0.1, -0.05) is 53.0 Å². The average Bonchev–Trinajstić information content (AvgIpc) is 2.01. The third-order valence-electron chi connectivity index (χ3n) is 1.97. The topological polar surface area (TPSA) is 20.2 Å². The molecular formula is C10H11BrCl2O. The molecule has 0 aromatic heterocycles. The molecule has 1 nitrogen and oxygen atoms in total. The van der Waals surface area contributed by atoms with Gasteiger partial charge in [0.25, 0.3) is 0 Å². The van der Waals surface area contributed by atoms with Gasteiger partial charge in [0.15, 0.2) is 0 Å². The highest BCUT2D eigenvalue weighted by molar-refractivity contribution is 9.10. The summed E-state index contributed by atoms with van der Waals surface area (Å²) >= 11 is 15.1. The highest BCUT2D eigenvalue weighted by Gasteiger charge is 2.18. The van der Waals surface area contributed by atoms with E-state index in [0.29, 0.717) is 15.6 Å². The van der Waals surface area contributed by atoms with Gasteiger partial charge >= 0.3 is 0 Å². The zero-order chi connectivity index (χ0) is 10.9. The summed E-state index contributed by atoms with van der Waals surface area (Å²) in [4.78, 5) is 0. The molecule has 1 aromatic rings. The molecular weight excluding hydrogens is 287 g/mol. The molecule has 0 amide bonds. The predicted molar refractivity (Wildman–Crippen MR) is 64.0 cm³/mol. The van der Waals surface area contributed by atoms with Crippen molar-refractivity contribution in [1.82, 2.24) is 0 Å². The lowest BCUT2D eigenvalue weighted by Gasteiger charge is -2.18. The van der Waals surface area contributed by atoms with Crippen molar-refractivity contribution in [2.75, 3.05) is 0 Å². The van der Waals surface area contributed by atoms with E-state index in [2.05, 4.69) is 15.9 Å². The van der Waals surface area contributed by atoms with Gasteiger partial charge in [-0.15, -0.1) is 0 Å². The smallest absolute Gasteiger partial charge is 0.0838 e. The minimum Gasteiger partial charge on any atom is -0.388 e. The van der Waals surface area contributed by atoms with Crippen LogP contribution in [0, 0.1) is 5.92 Å². The van der Waals surface area contributed by atoms with E-state index >= 15 is 0 Å². The Bertz CT molecular complexity index is 316. The van der Waals surface area contributed by atoms with E-state index in [0.717, 1.165) is 4.47 Å². The SMILES string of the molecule is CC(C)C(O)c1c(Cl)cc(Cl)cc1Br. The van der Waals surface area contributed by atoms with Crippen molar-refractivity contribution in [2.45, 2.75) is 20.0 Å². The number of benzene rings is 1. The quantitative estimate of drug-likeness (QED) is 0.855. The Balaban J connectivity index is 3.20. The van der Waals surface area contributed by atoms with Gasteiger partial charge in [-0.2, -0.15) is 0 Å². The first-order chi connectivity index (χ1) is 6.43. The summed E-state index contributed by atoms with van der Waals surface area (Å²) in [6.45, 7) is 3.87. The molecule has 0 aliphatic heterocycles. The molecule has 0 radical (unpaired) electrons. The van der Waals surface area contributed by atoms with E-state index < -0.39 is 6.10 Å². The molecule has 0 saturated carbocycles. The number of halogens is 3. The van der Waals surface area contributed by atoms with Gasteiger partial charge in [-0.05, 0) is 18.1 Å². The second kappa shape index (κ2) is 4.84. The Morgan fingerprint density at radius 3 is 2.29 bits per heavy atom. The summed E-state index contributed by atoms with van der Waals surface area (Å²) in [7, 11) is 0. The summed E-state index contributed by atoms with van der Waals surface area (Å²) in [6, 6.07) is 3.36. The van der Waals surface area contributed by atoms with E-state index in [1.807, 2.05) is 13.8 Å². The Hall–Kier alpha value is 0.240. The molecule has 0 aliphatic rings. The highest BCUT2D eigenvalue weighted by Crippen LogP contribution is 2.36. The summed E-state index contributed by atoms with van der Waals surface area (Å²) in [5, 5.41) is 10.9. The predicted octanol–water partition coefficient (Wildman–Crippen LogP) is 4.45. The van der Waals surface area contributed by atoms with E-state index in [9.17, 15) is 5.11 Å². The maximum atomic E-state index is 9.89. The van der Waals surface area contributed by atoms with Crippen LogP contribution in [0.5, 0.6) is 0 Å². The van der Waals surface area contributed by atoms with Crippen LogP contribution in [-0.2, 0) is 0 Å². The number of hydrogen-bond acceptors (Lipinski definition) is 1. The Morgan fingerprint density at radius 2 is 1.86 bits per heavy atom. The van der Waals surface area contributed by atoms with E-state index in [1.54, 1.807) is 12.1 Å². The van der Waals surface area contributed by atoms with Crippen LogP contribution < -0.4 is 0 Å². The molecule has 1 unspecified atom stereocenters. The van der Waals surface area contributed by atoms with Crippen LogP contribution in [0.2, 0.25) is 10.0 Å². The number of rotatable bonds is 2. The summed E-state index contributed by atoms with van der Waals surface area (Å²) in [5.41, 5.74) is 0.700. The first-order valence-electron chi connectivity index (χ1n) is 4.26. The van der Waals surface area contributed by atoms with Crippen molar-refractivity contribution in [3.05, 3.63) is 32.2 Å². The van der Waals surface area contributed by atoms with E-state index in [1.165, 1.54) is 0 Å². The molecule has 0 aliphatic carbocycles. The standard InChI is InChI=1S/C10H11BrCl2O/c1-5(2)10(14)9-7(11)3-6(12)4-8(9)13/h3-5,10,14H,1-2H3. The molecule has 1 aromatic carbocycles.